The molecule has 0 aromatic heterocycles. The first kappa shape index (κ1) is 27.7. The molecule has 2 atom stereocenters. The molecule has 9 heteroatoms. The number of thioether (sulfide) groups is 1. The van der Waals surface area contributed by atoms with Gasteiger partial charge in [-0.3, -0.25) is 4.79 Å². The highest BCUT2D eigenvalue weighted by molar-refractivity contribution is 7.99. The molecule has 0 spiro atoms. The Morgan fingerprint density at radius 3 is 1.94 bits per heavy atom. The molecule has 7 N–H and O–H groups in total. The molecule has 2 unspecified atom stereocenters. The third kappa shape index (κ3) is 8.03. The predicted octanol–water partition coefficient (Wildman–Crippen LogP) is 3.31. The number of rotatable bonds is 8. The van der Waals surface area contributed by atoms with Crippen LogP contribution < -0.4 is 11.1 Å². The van der Waals surface area contributed by atoms with E-state index in [-0.39, 0.29) is 29.5 Å². The van der Waals surface area contributed by atoms with Gasteiger partial charge in [-0.1, -0.05) is 30.3 Å². The van der Waals surface area contributed by atoms with Gasteiger partial charge in [-0.15, -0.1) is 11.8 Å². The molecule has 0 saturated carbocycles. The van der Waals surface area contributed by atoms with Gasteiger partial charge in [0.05, 0.1) is 17.7 Å². The van der Waals surface area contributed by atoms with Gasteiger partial charge in [0.25, 0.3) is 5.91 Å². The highest BCUT2D eigenvalue weighted by atomic mass is 32.2. The maximum absolute atomic E-state index is 12.5. The van der Waals surface area contributed by atoms with Crippen LogP contribution in [0.1, 0.15) is 31.8 Å². The lowest BCUT2D eigenvalue weighted by Crippen LogP contribution is -2.48. The quantitative estimate of drug-likeness (QED) is 0.259. The smallest absolute Gasteiger partial charge is 0.336 e. The van der Waals surface area contributed by atoms with Crippen LogP contribution in [0.25, 0.3) is 0 Å². The van der Waals surface area contributed by atoms with E-state index in [1.807, 2.05) is 30.3 Å². The molecular formula is C26H30N2O6S. The largest absolute Gasteiger partial charge is 0.508 e. The van der Waals surface area contributed by atoms with Crippen LogP contribution in [0.5, 0.6) is 11.5 Å². The normalized spacial score (nSPS) is 12.1. The molecule has 3 aromatic carbocycles. The Hall–Kier alpha value is -3.53. The van der Waals surface area contributed by atoms with Gasteiger partial charge < -0.3 is 31.5 Å². The minimum atomic E-state index is -1.02. The Balaban J connectivity index is 0.000000328. The van der Waals surface area contributed by atoms with E-state index in [1.165, 1.54) is 36.0 Å². The monoisotopic (exact) mass is 498 g/mol. The van der Waals surface area contributed by atoms with Gasteiger partial charge >= 0.3 is 5.97 Å². The summed E-state index contributed by atoms with van der Waals surface area (Å²) in [5.74, 6) is -0.776. The van der Waals surface area contributed by atoms with Crippen LogP contribution in [-0.2, 0) is 0 Å². The molecule has 0 bridgehead atoms. The highest BCUT2D eigenvalue weighted by Crippen LogP contribution is 2.22. The third-order valence-corrected chi connectivity index (χ3v) is 6.41. The van der Waals surface area contributed by atoms with Crippen molar-refractivity contribution < 1.29 is 30.0 Å². The first-order valence-electron chi connectivity index (χ1n) is 10.8. The first-order chi connectivity index (χ1) is 16.6. The number of phenols is 2. The lowest BCUT2D eigenvalue weighted by Gasteiger charge is -2.23. The van der Waals surface area contributed by atoms with E-state index in [2.05, 4.69) is 5.32 Å². The number of hydrogen-bond acceptors (Lipinski definition) is 7. The number of hydrogen-bond donors (Lipinski definition) is 6. The number of carbonyl (C=O) groups excluding carboxylic acids is 1. The van der Waals surface area contributed by atoms with Crippen molar-refractivity contribution in [2.45, 2.75) is 30.9 Å². The molecule has 35 heavy (non-hydrogen) atoms. The molecular weight excluding hydrogens is 468 g/mol. The van der Waals surface area contributed by atoms with Crippen molar-refractivity contribution in [1.29, 1.82) is 0 Å². The summed E-state index contributed by atoms with van der Waals surface area (Å²) in [4.78, 5) is 24.0. The molecule has 0 radical (unpaired) electrons. The molecule has 3 aromatic rings. The van der Waals surface area contributed by atoms with Crippen LogP contribution in [-0.4, -0.2) is 56.7 Å². The number of aliphatic hydroxyl groups is 1. The zero-order chi connectivity index (χ0) is 26.0. The van der Waals surface area contributed by atoms with E-state index in [1.54, 1.807) is 26.0 Å². The average molecular weight is 499 g/mol. The number of aliphatic hydroxyl groups excluding tert-OH is 1. The zero-order valence-corrected chi connectivity index (χ0v) is 20.3. The summed E-state index contributed by atoms with van der Waals surface area (Å²) in [6.07, 6.45) is -0.845. The zero-order valence-electron chi connectivity index (χ0n) is 19.5. The van der Waals surface area contributed by atoms with Gasteiger partial charge in [-0.05, 0) is 50.2 Å². The fraction of sp³-hybridized carbons (Fsp3) is 0.231. The Morgan fingerprint density at radius 1 is 0.886 bits per heavy atom. The van der Waals surface area contributed by atoms with E-state index in [9.17, 15) is 19.8 Å². The molecule has 0 aliphatic carbocycles. The van der Waals surface area contributed by atoms with Gasteiger partial charge in [0, 0.05) is 33.9 Å². The summed E-state index contributed by atoms with van der Waals surface area (Å²) >= 11 is 1.54. The number of carboxylic acid groups (broad SMARTS) is 1. The van der Waals surface area contributed by atoms with Gasteiger partial charge in [0.1, 0.15) is 11.5 Å². The second kappa shape index (κ2) is 13.4. The van der Waals surface area contributed by atoms with Gasteiger partial charge in [-0.2, -0.15) is 0 Å². The average Bonchev–Trinajstić information content (AvgIpc) is 2.85. The third-order valence-electron chi connectivity index (χ3n) is 5.28. The highest BCUT2D eigenvalue weighted by Gasteiger charge is 2.22. The molecule has 1 amide bonds. The van der Waals surface area contributed by atoms with Gasteiger partial charge in [-0.25, -0.2) is 4.79 Å². The van der Waals surface area contributed by atoms with Gasteiger partial charge in [0.2, 0.25) is 0 Å². The van der Waals surface area contributed by atoms with Crippen LogP contribution in [0.2, 0.25) is 0 Å². The number of aromatic hydroxyl groups is 2. The fourth-order valence-electron chi connectivity index (χ4n) is 3.09. The molecule has 8 nitrogen and oxygen atoms in total. The van der Waals surface area contributed by atoms with E-state index in [4.69, 9.17) is 15.9 Å². The summed E-state index contributed by atoms with van der Waals surface area (Å²) < 4.78 is 0. The first-order valence-corrected chi connectivity index (χ1v) is 11.8. The minimum absolute atomic E-state index is 0.0184. The minimum Gasteiger partial charge on any atom is -0.508 e. The summed E-state index contributed by atoms with van der Waals surface area (Å²) in [6, 6.07) is 18.5. The SMILES string of the molecule is Cc1c(O)cccc1C(=O)NC(CSc1ccccc1)C(O)CN.Cc1c(O)cccc1C(=O)O. The van der Waals surface area contributed by atoms with Crippen molar-refractivity contribution in [2.75, 3.05) is 12.3 Å². The molecule has 0 aliphatic heterocycles. The number of benzene rings is 3. The van der Waals surface area contributed by atoms with Crippen molar-refractivity contribution in [3.63, 3.8) is 0 Å². The predicted molar refractivity (Wildman–Crippen MR) is 136 cm³/mol. The Kier molecular flexibility index (Phi) is 10.6. The number of aromatic carboxylic acids is 1. The second-order valence-electron chi connectivity index (χ2n) is 7.71. The topological polar surface area (TPSA) is 153 Å². The summed E-state index contributed by atoms with van der Waals surface area (Å²) in [7, 11) is 0. The Bertz CT molecular complexity index is 1140. The summed E-state index contributed by atoms with van der Waals surface area (Å²) in [5, 5.41) is 40.3. The number of nitrogens with two attached hydrogens (primary N) is 1. The van der Waals surface area contributed by atoms with E-state index >= 15 is 0 Å². The Labute approximate surface area is 208 Å². The van der Waals surface area contributed by atoms with Crippen molar-refractivity contribution in [3.8, 4) is 11.5 Å². The molecule has 0 fully saturated rings. The van der Waals surface area contributed by atoms with Crippen molar-refractivity contribution in [2.24, 2.45) is 5.73 Å². The Morgan fingerprint density at radius 2 is 1.43 bits per heavy atom. The molecule has 3 rings (SSSR count). The number of nitrogens with one attached hydrogen (secondary N) is 1. The summed E-state index contributed by atoms with van der Waals surface area (Å²) in [5.41, 5.74) is 7.00. The van der Waals surface area contributed by atoms with Crippen LogP contribution in [0, 0.1) is 13.8 Å². The van der Waals surface area contributed by atoms with Gasteiger partial charge in [0.15, 0.2) is 0 Å². The van der Waals surface area contributed by atoms with Crippen LogP contribution >= 0.6 is 11.8 Å². The number of carboxylic acids is 1. The van der Waals surface area contributed by atoms with Crippen LogP contribution in [0.4, 0.5) is 0 Å². The van der Waals surface area contributed by atoms with Crippen molar-refractivity contribution in [3.05, 3.63) is 89.0 Å². The summed E-state index contributed by atoms with van der Waals surface area (Å²) in [6.45, 7) is 3.30. The molecule has 0 heterocycles. The van der Waals surface area contributed by atoms with Crippen LogP contribution in [0.15, 0.2) is 71.6 Å². The van der Waals surface area contributed by atoms with Crippen LogP contribution in [0.3, 0.4) is 0 Å². The number of amides is 1. The second-order valence-corrected chi connectivity index (χ2v) is 8.81. The lowest BCUT2D eigenvalue weighted by atomic mass is 10.1. The van der Waals surface area contributed by atoms with Crippen molar-refractivity contribution in [1.82, 2.24) is 5.32 Å². The molecule has 186 valence electrons. The van der Waals surface area contributed by atoms with E-state index in [0.717, 1.165) is 4.90 Å². The fourth-order valence-corrected chi connectivity index (χ4v) is 4.11. The molecule has 0 saturated heterocycles. The number of carbonyl (C=O) groups is 2. The van der Waals surface area contributed by atoms with E-state index < -0.39 is 18.1 Å². The lowest BCUT2D eigenvalue weighted by molar-refractivity contribution is 0.0695. The van der Waals surface area contributed by atoms with Crippen molar-refractivity contribution >= 4 is 23.6 Å². The molecule has 0 aliphatic rings. The standard InChI is InChI=1S/C18H22N2O3S.C8H8O3/c1-12-14(8-5-9-16(12)21)18(23)20-15(17(22)10-19)11-24-13-6-3-2-4-7-13;1-5-6(8(10)11)3-2-4-7(5)9/h2-9,15,17,21-22H,10-11,19H2,1H3,(H,20,23);2-4,9H,1H3,(H,10,11). The maximum Gasteiger partial charge on any atom is 0.336 e. The number of phenolic OH excluding ortho intramolecular Hbond substituents is 2. The maximum atomic E-state index is 12.5. The van der Waals surface area contributed by atoms with E-state index in [0.29, 0.717) is 22.4 Å².